The second-order valence-corrected chi connectivity index (χ2v) is 6.71. The van der Waals surface area contributed by atoms with E-state index in [9.17, 15) is 14.0 Å². The van der Waals surface area contributed by atoms with E-state index in [0.29, 0.717) is 37.0 Å². The number of Topliss-reactive ketones (excluding diaryl/α,β-unsaturated/α-hetero) is 1. The Bertz CT molecular complexity index is 957. The number of rotatable bonds is 3. The van der Waals surface area contributed by atoms with Crippen LogP contribution < -0.4 is 0 Å². The van der Waals surface area contributed by atoms with Crippen molar-refractivity contribution < 1.29 is 14.0 Å². The van der Waals surface area contributed by atoms with Gasteiger partial charge in [0.2, 0.25) is 0 Å². The number of hydrogen-bond donors (Lipinski definition) is 1. The predicted octanol–water partition coefficient (Wildman–Crippen LogP) is 4.04. The highest BCUT2D eigenvalue weighted by molar-refractivity contribution is 5.99. The molecule has 132 valence electrons. The molecule has 0 saturated carbocycles. The van der Waals surface area contributed by atoms with Crippen molar-refractivity contribution in [3.05, 3.63) is 71.7 Å². The van der Waals surface area contributed by atoms with E-state index in [1.54, 1.807) is 17.0 Å². The number of nitrogens with one attached hydrogen (secondary N) is 1. The normalized spacial score (nSPS) is 15.3. The van der Waals surface area contributed by atoms with Gasteiger partial charge in [0.25, 0.3) is 5.91 Å². The van der Waals surface area contributed by atoms with Gasteiger partial charge in [0.15, 0.2) is 5.78 Å². The summed E-state index contributed by atoms with van der Waals surface area (Å²) in [6, 6.07) is 15.4. The fourth-order valence-corrected chi connectivity index (χ4v) is 3.57. The molecule has 1 amide bonds. The number of ketones is 1. The fourth-order valence-electron chi connectivity index (χ4n) is 3.57. The van der Waals surface area contributed by atoms with Gasteiger partial charge in [0.1, 0.15) is 11.5 Å². The topological polar surface area (TPSA) is 53.2 Å². The first-order valence-electron chi connectivity index (χ1n) is 8.78. The van der Waals surface area contributed by atoms with E-state index in [1.165, 1.54) is 12.1 Å². The second kappa shape index (κ2) is 6.75. The average molecular weight is 350 g/mol. The molecule has 0 atom stereocenters. The summed E-state index contributed by atoms with van der Waals surface area (Å²) in [5, 5.41) is 0.683. The van der Waals surface area contributed by atoms with Crippen molar-refractivity contribution in [1.82, 2.24) is 9.88 Å². The molecular formula is C21H19FN2O2. The molecule has 1 aliphatic rings. The van der Waals surface area contributed by atoms with E-state index in [1.807, 2.05) is 30.3 Å². The fraction of sp³-hybridized carbons (Fsp3) is 0.238. The predicted molar refractivity (Wildman–Crippen MR) is 97.7 cm³/mol. The molecule has 1 N–H and O–H groups in total. The molecule has 26 heavy (non-hydrogen) atoms. The van der Waals surface area contributed by atoms with Crippen molar-refractivity contribution in [3.8, 4) is 0 Å². The van der Waals surface area contributed by atoms with Crippen molar-refractivity contribution in [2.45, 2.75) is 12.8 Å². The van der Waals surface area contributed by atoms with Crippen LogP contribution in [0.15, 0.2) is 54.6 Å². The number of piperidine rings is 1. The van der Waals surface area contributed by atoms with Crippen LogP contribution in [0.5, 0.6) is 0 Å². The smallest absolute Gasteiger partial charge is 0.270 e. The number of carbonyl (C=O) groups excluding carboxylic acids is 2. The van der Waals surface area contributed by atoms with Crippen molar-refractivity contribution in [2.75, 3.05) is 13.1 Å². The van der Waals surface area contributed by atoms with Gasteiger partial charge in [-0.1, -0.05) is 30.3 Å². The van der Waals surface area contributed by atoms with E-state index >= 15 is 0 Å². The van der Waals surface area contributed by atoms with Gasteiger partial charge >= 0.3 is 0 Å². The van der Waals surface area contributed by atoms with Gasteiger partial charge in [0.05, 0.1) is 0 Å². The highest BCUT2D eigenvalue weighted by atomic mass is 19.1. The Hall–Kier alpha value is -2.95. The molecule has 4 rings (SSSR count). The second-order valence-electron chi connectivity index (χ2n) is 6.71. The molecule has 0 unspecified atom stereocenters. The van der Waals surface area contributed by atoms with Gasteiger partial charge in [-0.3, -0.25) is 9.59 Å². The zero-order valence-corrected chi connectivity index (χ0v) is 14.2. The number of carbonyl (C=O) groups is 2. The van der Waals surface area contributed by atoms with Gasteiger partial charge in [0, 0.05) is 35.5 Å². The van der Waals surface area contributed by atoms with Crippen LogP contribution in [-0.2, 0) is 0 Å². The van der Waals surface area contributed by atoms with E-state index in [4.69, 9.17) is 0 Å². The summed E-state index contributed by atoms with van der Waals surface area (Å²) in [7, 11) is 0. The maximum atomic E-state index is 13.3. The maximum absolute atomic E-state index is 13.3. The summed E-state index contributed by atoms with van der Waals surface area (Å²) in [5.41, 5.74) is 1.93. The highest BCUT2D eigenvalue weighted by Crippen LogP contribution is 2.24. The molecule has 1 saturated heterocycles. The Balaban J connectivity index is 1.43. The van der Waals surface area contributed by atoms with Gasteiger partial charge in [-0.15, -0.1) is 0 Å². The molecule has 5 heteroatoms. The molecule has 0 aliphatic carbocycles. The Labute approximate surface area is 150 Å². The number of hydrogen-bond acceptors (Lipinski definition) is 2. The Morgan fingerprint density at radius 2 is 1.73 bits per heavy atom. The molecule has 0 bridgehead atoms. The van der Waals surface area contributed by atoms with Crippen LogP contribution in [0.2, 0.25) is 0 Å². The number of nitrogens with zero attached hydrogens (tertiary/aromatic N) is 1. The molecule has 0 spiro atoms. The Morgan fingerprint density at radius 3 is 2.46 bits per heavy atom. The van der Waals surface area contributed by atoms with Gasteiger partial charge in [-0.25, -0.2) is 4.39 Å². The van der Waals surface area contributed by atoms with Crippen LogP contribution in [0.3, 0.4) is 0 Å². The molecule has 2 aromatic carbocycles. The van der Waals surface area contributed by atoms with Crippen molar-refractivity contribution in [3.63, 3.8) is 0 Å². The molecule has 3 aromatic rings. The first-order valence-corrected chi connectivity index (χ1v) is 8.78. The quantitative estimate of drug-likeness (QED) is 0.725. The lowest BCUT2D eigenvalue weighted by Gasteiger charge is -2.31. The summed E-state index contributed by atoms with van der Waals surface area (Å²) in [6.45, 7) is 1.09. The van der Waals surface area contributed by atoms with E-state index in [-0.39, 0.29) is 23.4 Å². The third-order valence-corrected chi connectivity index (χ3v) is 5.02. The van der Waals surface area contributed by atoms with Gasteiger partial charge in [-0.2, -0.15) is 0 Å². The van der Waals surface area contributed by atoms with Gasteiger partial charge in [-0.05, 0) is 37.1 Å². The summed E-state index contributed by atoms with van der Waals surface area (Å²) in [6.07, 6.45) is 1.32. The lowest BCUT2D eigenvalue weighted by Crippen LogP contribution is -2.40. The van der Waals surface area contributed by atoms with Crippen molar-refractivity contribution in [1.29, 1.82) is 0 Å². The SMILES string of the molecule is O=C(c1ccccc1)C1CCN(C(=O)c2cc3cc(F)ccc3[nH]2)CC1. The monoisotopic (exact) mass is 350 g/mol. The van der Waals surface area contributed by atoms with Crippen molar-refractivity contribution >= 4 is 22.6 Å². The maximum Gasteiger partial charge on any atom is 0.270 e. The number of fused-ring (bicyclic) bond motifs is 1. The highest BCUT2D eigenvalue weighted by Gasteiger charge is 2.28. The summed E-state index contributed by atoms with van der Waals surface area (Å²) < 4.78 is 13.3. The van der Waals surface area contributed by atoms with E-state index in [0.717, 1.165) is 11.1 Å². The summed E-state index contributed by atoms with van der Waals surface area (Å²) in [5.74, 6) is -0.319. The van der Waals surface area contributed by atoms with E-state index in [2.05, 4.69) is 4.98 Å². The number of halogens is 1. The molecule has 0 radical (unpaired) electrons. The van der Waals surface area contributed by atoms with Crippen LogP contribution in [0.1, 0.15) is 33.7 Å². The van der Waals surface area contributed by atoms with E-state index < -0.39 is 0 Å². The minimum absolute atomic E-state index is 0.0433. The Kier molecular flexibility index (Phi) is 4.29. The molecule has 1 fully saturated rings. The number of aromatic amines is 1. The number of H-pyrrole nitrogens is 1. The molecular weight excluding hydrogens is 331 g/mol. The van der Waals surface area contributed by atoms with Gasteiger partial charge < -0.3 is 9.88 Å². The van der Waals surface area contributed by atoms with Crippen LogP contribution in [-0.4, -0.2) is 34.7 Å². The van der Waals surface area contributed by atoms with Crippen LogP contribution in [0.25, 0.3) is 10.9 Å². The third kappa shape index (κ3) is 3.12. The lowest BCUT2D eigenvalue weighted by atomic mass is 9.89. The zero-order chi connectivity index (χ0) is 18.1. The van der Waals surface area contributed by atoms with Crippen LogP contribution in [0, 0.1) is 11.7 Å². The van der Waals surface area contributed by atoms with Crippen LogP contribution in [0.4, 0.5) is 4.39 Å². The molecule has 1 aromatic heterocycles. The first-order chi connectivity index (χ1) is 12.6. The number of likely N-dealkylation sites (tertiary alicyclic amines) is 1. The first kappa shape index (κ1) is 16.5. The average Bonchev–Trinajstić information content (AvgIpc) is 3.11. The number of aromatic nitrogens is 1. The van der Waals surface area contributed by atoms with Crippen LogP contribution >= 0.6 is 0 Å². The zero-order valence-electron chi connectivity index (χ0n) is 14.2. The molecule has 4 nitrogen and oxygen atoms in total. The molecule has 2 heterocycles. The largest absolute Gasteiger partial charge is 0.351 e. The number of amides is 1. The standard InChI is InChI=1S/C21H19FN2O2/c22-17-6-7-18-16(12-17)13-19(23-18)21(26)24-10-8-15(9-11-24)20(25)14-4-2-1-3-5-14/h1-7,12-13,15,23H,8-11H2. The summed E-state index contributed by atoms with van der Waals surface area (Å²) in [4.78, 5) is 30.1. The minimum atomic E-state index is -0.323. The van der Waals surface area contributed by atoms with Crippen molar-refractivity contribution in [2.24, 2.45) is 5.92 Å². The third-order valence-electron chi connectivity index (χ3n) is 5.02. The minimum Gasteiger partial charge on any atom is -0.351 e. The summed E-state index contributed by atoms with van der Waals surface area (Å²) >= 11 is 0. The lowest BCUT2D eigenvalue weighted by molar-refractivity contribution is 0.0646. The molecule has 1 aliphatic heterocycles. The number of benzene rings is 2. The Morgan fingerprint density at radius 1 is 1.00 bits per heavy atom.